The highest BCUT2D eigenvalue weighted by Crippen LogP contribution is 2.20. The molecule has 1 N–H and O–H groups in total. The molecule has 140 valence electrons. The Labute approximate surface area is 151 Å². The third-order valence-corrected chi connectivity index (χ3v) is 5.93. The minimum atomic E-state index is -3.51. The Hall–Kier alpha value is -1.56. The average Bonchev–Trinajstić information content (AvgIpc) is 2.54. The summed E-state index contributed by atoms with van der Waals surface area (Å²) < 4.78 is 25.5. The van der Waals surface area contributed by atoms with E-state index in [0.29, 0.717) is 5.69 Å². The number of nitrogens with one attached hydrogen (secondary N) is 1. The fourth-order valence-corrected chi connectivity index (χ4v) is 4.16. The number of carbonyl (C=O) groups is 1. The Morgan fingerprint density at radius 2 is 1.64 bits per heavy atom. The molecule has 0 spiro atoms. The number of hydrogen-bond donors (Lipinski definition) is 1. The van der Waals surface area contributed by atoms with E-state index in [4.69, 9.17) is 0 Å². The smallest absolute Gasteiger partial charge is 0.240 e. The van der Waals surface area contributed by atoms with Gasteiger partial charge >= 0.3 is 0 Å². The van der Waals surface area contributed by atoms with Crippen molar-refractivity contribution in [2.45, 2.75) is 64.3 Å². The number of benzene rings is 1. The Morgan fingerprint density at radius 3 is 2.16 bits per heavy atom. The Balaban J connectivity index is 2.04. The molecule has 0 radical (unpaired) electrons. The molecule has 1 aliphatic rings. The van der Waals surface area contributed by atoms with E-state index in [1.54, 1.807) is 12.1 Å². The molecule has 25 heavy (non-hydrogen) atoms. The Bertz CT molecular complexity index is 648. The van der Waals surface area contributed by atoms with Crippen molar-refractivity contribution in [2.24, 2.45) is 0 Å². The third-order valence-electron chi connectivity index (χ3n) is 4.79. The van der Waals surface area contributed by atoms with Crippen molar-refractivity contribution in [1.82, 2.24) is 5.32 Å². The number of anilines is 1. The van der Waals surface area contributed by atoms with E-state index >= 15 is 0 Å². The molecule has 0 atom stereocenters. The topological polar surface area (TPSA) is 66.5 Å². The number of nitrogens with zero attached hydrogens (tertiary/aromatic N) is 1. The maximum absolute atomic E-state index is 12.4. The summed E-state index contributed by atoms with van der Waals surface area (Å²) in [7, 11) is -3.51. The van der Waals surface area contributed by atoms with Crippen LogP contribution in [-0.2, 0) is 21.2 Å². The molecule has 1 fully saturated rings. The molecule has 0 bridgehead atoms. The maximum Gasteiger partial charge on any atom is 0.240 e. The molecule has 0 unspecified atom stereocenters. The summed E-state index contributed by atoms with van der Waals surface area (Å²) in [5.74, 6) is -0.226. The molecule has 0 saturated heterocycles. The van der Waals surface area contributed by atoms with E-state index in [9.17, 15) is 13.2 Å². The molecule has 2 rings (SSSR count). The lowest BCUT2D eigenvalue weighted by atomic mass is 9.97. The van der Waals surface area contributed by atoms with Gasteiger partial charge in [-0.1, -0.05) is 51.2 Å². The van der Waals surface area contributed by atoms with Crippen LogP contribution < -0.4 is 9.62 Å². The molecule has 1 saturated carbocycles. The van der Waals surface area contributed by atoms with Crippen molar-refractivity contribution in [2.75, 3.05) is 17.1 Å². The molecule has 1 aromatic rings. The van der Waals surface area contributed by atoms with Crippen LogP contribution in [0.2, 0.25) is 0 Å². The SMILES string of the molecule is CCc1ccc(N(CC(=O)NC2CCCCCCC2)S(C)(=O)=O)cc1. The van der Waals surface area contributed by atoms with Crippen LogP contribution in [0.1, 0.15) is 57.4 Å². The molecular formula is C19H30N2O3S. The highest BCUT2D eigenvalue weighted by molar-refractivity contribution is 7.92. The van der Waals surface area contributed by atoms with Gasteiger partial charge < -0.3 is 5.32 Å². The van der Waals surface area contributed by atoms with Gasteiger partial charge in [0.2, 0.25) is 15.9 Å². The molecule has 1 aliphatic carbocycles. The van der Waals surface area contributed by atoms with E-state index < -0.39 is 10.0 Å². The third kappa shape index (κ3) is 6.34. The quantitative estimate of drug-likeness (QED) is 0.840. The number of rotatable bonds is 6. The zero-order valence-electron chi connectivity index (χ0n) is 15.3. The number of amides is 1. The average molecular weight is 367 g/mol. The minimum absolute atomic E-state index is 0.164. The van der Waals surface area contributed by atoms with E-state index in [1.165, 1.54) is 23.6 Å². The van der Waals surface area contributed by atoms with Crippen LogP contribution in [-0.4, -0.2) is 33.2 Å². The van der Waals surface area contributed by atoms with Crippen LogP contribution in [0.5, 0.6) is 0 Å². The molecule has 0 aliphatic heterocycles. The van der Waals surface area contributed by atoms with Gasteiger partial charge in [-0.15, -0.1) is 0 Å². The summed E-state index contributed by atoms with van der Waals surface area (Å²) in [6, 6.07) is 7.50. The van der Waals surface area contributed by atoms with E-state index in [1.807, 2.05) is 19.1 Å². The van der Waals surface area contributed by atoms with Crippen LogP contribution in [0.3, 0.4) is 0 Å². The Morgan fingerprint density at radius 1 is 1.08 bits per heavy atom. The summed E-state index contributed by atoms with van der Waals surface area (Å²) in [6.07, 6.45) is 9.95. The molecule has 0 heterocycles. The number of hydrogen-bond acceptors (Lipinski definition) is 3. The number of carbonyl (C=O) groups excluding carboxylic acids is 1. The minimum Gasteiger partial charge on any atom is -0.352 e. The lowest BCUT2D eigenvalue weighted by Crippen LogP contribution is -2.44. The monoisotopic (exact) mass is 366 g/mol. The molecule has 1 amide bonds. The van der Waals surface area contributed by atoms with Crippen molar-refractivity contribution in [3.8, 4) is 0 Å². The fraction of sp³-hybridized carbons (Fsp3) is 0.632. The zero-order valence-corrected chi connectivity index (χ0v) is 16.1. The summed E-state index contributed by atoms with van der Waals surface area (Å²) in [6.45, 7) is 1.88. The lowest BCUT2D eigenvalue weighted by molar-refractivity contribution is -0.120. The second-order valence-electron chi connectivity index (χ2n) is 6.90. The van der Waals surface area contributed by atoms with Gasteiger partial charge in [-0.25, -0.2) is 8.42 Å². The van der Waals surface area contributed by atoms with Crippen molar-refractivity contribution < 1.29 is 13.2 Å². The van der Waals surface area contributed by atoms with Gasteiger partial charge in [-0.3, -0.25) is 9.10 Å². The van der Waals surface area contributed by atoms with Gasteiger partial charge in [0.15, 0.2) is 0 Å². The first kappa shape index (κ1) is 19.8. The number of aryl methyl sites for hydroxylation is 1. The van der Waals surface area contributed by atoms with Gasteiger partial charge in [0.05, 0.1) is 11.9 Å². The Kier molecular flexibility index (Phi) is 7.29. The van der Waals surface area contributed by atoms with Gasteiger partial charge in [0.25, 0.3) is 0 Å². The molecule has 5 nitrogen and oxygen atoms in total. The molecule has 6 heteroatoms. The highest BCUT2D eigenvalue weighted by atomic mass is 32.2. The van der Waals surface area contributed by atoms with E-state index in [2.05, 4.69) is 5.32 Å². The van der Waals surface area contributed by atoms with Crippen LogP contribution in [0, 0.1) is 0 Å². The van der Waals surface area contributed by atoms with Crippen molar-refractivity contribution >= 4 is 21.6 Å². The van der Waals surface area contributed by atoms with Crippen LogP contribution in [0.25, 0.3) is 0 Å². The normalized spacial score (nSPS) is 16.7. The van der Waals surface area contributed by atoms with Crippen molar-refractivity contribution in [3.05, 3.63) is 29.8 Å². The highest BCUT2D eigenvalue weighted by Gasteiger charge is 2.22. The van der Waals surface area contributed by atoms with Crippen LogP contribution >= 0.6 is 0 Å². The standard InChI is InChI=1S/C19H30N2O3S/c1-3-16-11-13-18(14-12-16)21(25(2,23)24)15-19(22)20-17-9-7-5-4-6-8-10-17/h11-14,17H,3-10,15H2,1-2H3,(H,20,22). The van der Waals surface area contributed by atoms with Crippen molar-refractivity contribution in [3.63, 3.8) is 0 Å². The van der Waals surface area contributed by atoms with Gasteiger partial charge in [-0.05, 0) is 37.0 Å². The first-order valence-electron chi connectivity index (χ1n) is 9.26. The lowest BCUT2D eigenvalue weighted by Gasteiger charge is -2.25. The summed E-state index contributed by atoms with van der Waals surface area (Å²) in [5.41, 5.74) is 1.67. The van der Waals surface area contributed by atoms with Crippen LogP contribution in [0.15, 0.2) is 24.3 Å². The summed E-state index contributed by atoms with van der Waals surface area (Å²) >= 11 is 0. The molecule has 1 aromatic carbocycles. The van der Waals surface area contributed by atoms with Gasteiger partial charge in [0, 0.05) is 6.04 Å². The largest absolute Gasteiger partial charge is 0.352 e. The first-order chi connectivity index (χ1) is 11.9. The molecule has 0 aromatic heterocycles. The maximum atomic E-state index is 12.4. The second-order valence-corrected chi connectivity index (χ2v) is 8.81. The van der Waals surface area contributed by atoms with E-state index in [0.717, 1.165) is 43.9 Å². The van der Waals surface area contributed by atoms with Crippen LogP contribution in [0.4, 0.5) is 5.69 Å². The first-order valence-corrected chi connectivity index (χ1v) is 11.1. The van der Waals surface area contributed by atoms with E-state index in [-0.39, 0.29) is 18.5 Å². The van der Waals surface area contributed by atoms with Gasteiger partial charge in [0.1, 0.15) is 6.54 Å². The zero-order chi connectivity index (χ0) is 18.3. The predicted octanol–water partition coefficient (Wildman–Crippen LogP) is 3.24. The fourth-order valence-electron chi connectivity index (χ4n) is 3.30. The number of sulfonamides is 1. The summed E-state index contributed by atoms with van der Waals surface area (Å²) in [5, 5.41) is 3.04. The summed E-state index contributed by atoms with van der Waals surface area (Å²) in [4.78, 5) is 12.4. The van der Waals surface area contributed by atoms with Gasteiger partial charge in [-0.2, -0.15) is 0 Å². The molecular weight excluding hydrogens is 336 g/mol. The second kappa shape index (κ2) is 9.22. The predicted molar refractivity (Wildman–Crippen MR) is 102 cm³/mol. The van der Waals surface area contributed by atoms with Crippen molar-refractivity contribution in [1.29, 1.82) is 0 Å².